The van der Waals surface area contributed by atoms with E-state index in [-0.39, 0.29) is 31.1 Å². The molecule has 0 N–H and O–H groups in total. The van der Waals surface area contributed by atoms with Crippen molar-refractivity contribution in [2.45, 2.75) is 13.8 Å². The summed E-state index contributed by atoms with van der Waals surface area (Å²) < 4.78 is 6.56. The fourth-order valence-corrected chi connectivity index (χ4v) is 6.31. The number of fused-ring (bicyclic) bond motifs is 5. The molecule has 0 saturated heterocycles. The van der Waals surface area contributed by atoms with Crippen LogP contribution in [0.25, 0.3) is 76.9 Å². The molecule has 0 fully saturated rings. The first kappa shape index (κ1) is 26.8. The molecule has 1 nitrogen and oxygen atoms in total. The zero-order valence-electron chi connectivity index (χ0n) is 23.5. The van der Waals surface area contributed by atoms with Crippen LogP contribution in [-0.4, -0.2) is 0 Å². The van der Waals surface area contributed by atoms with Crippen LogP contribution in [0.15, 0.2) is 126 Å². The molecule has 0 unspecified atom stereocenters. The van der Waals surface area contributed by atoms with Crippen LogP contribution in [0.3, 0.4) is 0 Å². The van der Waals surface area contributed by atoms with Gasteiger partial charge < -0.3 is 4.42 Å². The molecule has 8 aromatic rings. The van der Waals surface area contributed by atoms with Crippen molar-refractivity contribution in [2.75, 3.05) is 0 Å². The molecular formula is C40H26OU. The molecule has 0 atom stereocenters. The van der Waals surface area contributed by atoms with E-state index in [0.29, 0.717) is 0 Å². The molecule has 0 radical (unpaired) electrons. The molecule has 196 valence electrons. The largest absolute Gasteiger partial charge is 2.00 e. The van der Waals surface area contributed by atoms with Gasteiger partial charge >= 0.3 is 31.1 Å². The normalized spacial score (nSPS) is 11.4. The van der Waals surface area contributed by atoms with Crippen LogP contribution in [0.4, 0.5) is 0 Å². The van der Waals surface area contributed by atoms with E-state index in [2.05, 4.69) is 129 Å². The maximum absolute atomic E-state index is 6.56. The third kappa shape index (κ3) is 4.30. The molecule has 1 heterocycles. The van der Waals surface area contributed by atoms with E-state index >= 15 is 0 Å². The Balaban J connectivity index is 0.00000288. The molecule has 8 rings (SSSR count). The van der Waals surface area contributed by atoms with Crippen molar-refractivity contribution in [2.24, 2.45) is 0 Å². The number of rotatable bonds is 3. The first-order valence-electron chi connectivity index (χ1n) is 14.0. The second kappa shape index (κ2) is 10.6. The quantitative estimate of drug-likeness (QED) is 0.129. The number of hydrogen-bond donors (Lipinski definition) is 0. The molecule has 42 heavy (non-hydrogen) atoms. The Hall–Kier alpha value is -4.09. The van der Waals surface area contributed by atoms with Crippen molar-refractivity contribution in [1.82, 2.24) is 0 Å². The van der Waals surface area contributed by atoms with Gasteiger partial charge in [-0.05, 0) is 47.0 Å². The zero-order valence-corrected chi connectivity index (χ0v) is 27.6. The Morgan fingerprint density at radius 3 is 1.93 bits per heavy atom. The van der Waals surface area contributed by atoms with Crippen LogP contribution in [-0.2, 0) is 0 Å². The van der Waals surface area contributed by atoms with Crippen molar-refractivity contribution >= 4 is 43.5 Å². The summed E-state index contributed by atoms with van der Waals surface area (Å²) in [6.07, 6.45) is 0. The van der Waals surface area contributed by atoms with Gasteiger partial charge in [0.05, 0.1) is 0 Å². The van der Waals surface area contributed by atoms with Gasteiger partial charge in [0.2, 0.25) is 0 Å². The number of furan rings is 1. The van der Waals surface area contributed by atoms with Gasteiger partial charge in [-0.2, -0.15) is 42.0 Å². The van der Waals surface area contributed by atoms with E-state index in [0.717, 1.165) is 44.2 Å². The molecule has 0 spiro atoms. The average Bonchev–Trinajstić information content (AvgIpc) is 3.40. The van der Waals surface area contributed by atoms with Gasteiger partial charge in [-0.15, -0.1) is 23.8 Å². The van der Waals surface area contributed by atoms with E-state index in [1.54, 1.807) is 0 Å². The van der Waals surface area contributed by atoms with Gasteiger partial charge in [-0.1, -0.05) is 89.5 Å². The maximum atomic E-state index is 6.56. The minimum atomic E-state index is 0. The van der Waals surface area contributed by atoms with E-state index in [1.807, 2.05) is 18.2 Å². The summed E-state index contributed by atoms with van der Waals surface area (Å²) >= 11 is 0. The minimum absolute atomic E-state index is 0. The molecule has 0 bridgehead atoms. The van der Waals surface area contributed by atoms with Gasteiger partial charge in [0.15, 0.2) is 0 Å². The van der Waals surface area contributed by atoms with Gasteiger partial charge in [0, 0.05) is 16.3 Å². The minimum Gasteiger partial charge on any atom is -0.455 e. The second-order valence-corrected chi connectivity index (χ2v) is 10.9. The van der Waals surface area contributed by atoms with Gasteiger partial charge in [-0.3, -0.25) is 0 Å². The predicted molar refractivity (Wildman–Crippen MR) is 172 cm³/mol. The first-order chi connectivity index (χ1) is 20.2. The van der Waals surface area contributed by atoms with E-state index in [9.17, 15) is 0 Å². The number of aryl methyl sites for hydroxylation is 2. The Labute approximate surface area is 269 Å². The van der Waals surface area contributed by atoms with E-state index in [1.165, 1.54) is 43.8 Å². The van der Waals surface area contributed by atoms with E-state index in [4.69, 9.17) is 4.42 Å². The smallest absolute Gasteiger partial charge is 0.455 e. The predicted octanol–water partition coefficient (Wildman–Crippen LogP) is 11.1. The second-order valence-electron chi connectivity index (χ2n) is 10.9. The Morgan fingerprint density at radius 2 is 1.14 bits per heavy atom. The van der Waals surface area contributed by atoms with Crippen LogP contribution in [0.5, 0.6) is 0 Å². The van der Waals surface area contributed by atoms with Crippen molar-refractivity contribution in [3.05, 3.63) is 145 Å². The topological polar surface area (TPSA) is 13.1 Å². The molecule has 0 aliphatic rings. The summed E-state index contributed by atoms with van der Waals surface area (Å²) in [4.78, 5) is 0. The zero-order chi connectivity index (χ0) is 27.5. The number of benzene rings is 7. The third-order valence-corrected chi connectivity index (χ3v) is 8.16. The molecule has 0 amide bonds. The number of hydrogen-bond acceptors (Lipinski definition) is 1. The molecular weight excluding hydrogens is 734 g/mol. The fourth-order valence-electron chi connectivity index (χ4n) is 6.31. The standard InChI is InChI=1S/C40H26O.U/c1-25-19-21-32-35(22-25)38(29-13-8-12-28(24-29)27-10-4-3-5-11-27)31-20-18-26(2)23-36(31)39(32)34-16-9-15-33-30-14-6-7-17-37(30)41-40(33)34;/h3-10,12-23H,1-2H3;/q-2;+2. The summed E-state index contributed by atoms with van der Waals surface area (Å²) in [6.45, 7) is 4.34. The van der Waals surface area contributed by atoms with Crippen LogP contribution < -0.4 is 0 Å². The van der Waals surface area contributed by atoms with Crippen molar-refractivity contribution in [3.63, 3.8) is 0 Å². The third-order valence-electron chi connectivity index (χ3n) is 8.16. The summed E-state index contributed by atoms with van der Waals surface area (Å²) in [7, 11) is 0. The fraction of sp³-hybridized carbons (Fsp3) is 0.0500. The molecule has 0 aliphatic heterocycles. The van der Waals surface area contributed by atoms with Crippen LogP contribution in [0.1, 0.15) is 11.1 Å². The summed E-state index contributed by atoms with van der Waals surface area (Å²) in [5.74, 6) is 0. The molecule has 0 aliphatic carbocycles. The summed E-state index contributed by atoms with van der Waals surface area (Å²) in [5, 5.41) is 7.14. The Morgan fingerprint density at radius 1 is 0.500 bits per heavy atom. The monoisotopic (exact) mass is 760 g/mol. The van der Waals surface area contributed by atoms with Crippen LogP contribution >= 0.6 is 0 Å². The SMILES string of the molecule is Cc1ccc2c(-c3cccc4c3oc3ccccc34)c3cc(C)ccc3c(-c3[c-]c(-c4[c-]cccc4)ccc3)c2c1.[U+2]. The van der Waals surface area contributed by atoms with Gasteiger partial charge in [0.1, 0.15) is 11.2 Å². The van der Waals surface area contributed by atoms with Crippen molar-refractivity contribution in [3.8, 4) is 33.4 Å². The summed E-state index contributed by atoms with van der Waals surface area (Å²) in [6, 6.07) is 50.1. The van der Waals surface area contributed by atoms with E-state index < -0.39 is 0 Å². The van der Waals surface area contributed by atoms with Crippen LogP contribution in [0, 0.1) is 57.1 Å². The molecule has 7 aromatic carbocycles. The molecule has 1 aromatic heterocycles. The number of para-hydroxylation sites is 2. The Kier molecular flexibility index (Phi) is 6.78. The Bertz CT molecular complexity index is 2270. The molecule has 0 saturated carbocycles. The molecule has 2 heteroatoms. The summed E-state index contributed by atoms with van der Waals surface area (Å²) in [5.41, 5.74) is 11.0. The van der Waals surface area contributed by atoms with Crippen molar-refractivity contribution < 1.29 is 35.5 Å². The van der Waals surface area contributed by atoms with Crippen LogP contribution in [0.2, 0.25) is 0 Å². The van der Waals surface area contributed by atoms with Gasteiger partial charge in [-0.25, -0.2) is 5.56 Å². The maximum Gasteiger partial charge on any atom is 2.00 e. The average molecular weight is 761 g/mol. The first-order valence-corrected chi connectivity index (χ1v) is 14.0. The van der Waals surface area contributed by atoms with Gasteiger partial charge in [0.25, 0.3) is 0 Å². The van der Waals surface area contributed by atoms with Crippen molar-refractivity contribution in [1.29, 1.82) is 0 Å².